The second-order valence-corrected chi connectivity index (χ2v) is 7.89. The van der Waals surface area contributed by atoms with Gasteiger partial charge < -0.3 is 13.3 Å². The second-order valence-electron chi connectivity index (χ2n) is 5.26. The van der Waals surface area contributed by atoms with Crippen molar-refractivity contribution < 1.29 is 26.4 Å². The summed E-state index contributed by atoms with van der Waals surface area (Å²) in [4.78, 5) is 2.16. The largest absolute Gasteiger partial charge is 0.501 e. The van der Waals surface area contributed by atoms with Crippen LogP contribution in [-0.4, -0.2) is 58.3 Å². The molecule has 3 rings (SSSR count). The number of alkyl halides is 3. The summed E-state index contributed by atoms with van der Waals surface area (Å²) in [5, 5.41) is 0. The van der Waals surface area contributed by atoms with Crippen molar-refractivity contribution in [1.82, 2.24) is 4.90 Å². The molecule has 4 nitrogen and oxygen atoms in total. The monoisotopic (exact) mass is 299 g/mol. The van der Waals surface area contributed by atoms with Crippen molar-refractivity contribution in [2.75, 3.05) is 26.2 Å². The SMILES string of the molecule is CC1CN2CCO[Si](CCC(F)(F)F)(O1)OC(C)C2. The third-order valence-electron chi connectivity index (χ3n) is 3.24. The lowest BCUT2D eigenvalue weighted by molar-refractivity contribution is -0.136. The van der Waals surface area contributed by atoms with E-state index in [2.05, 4.69) is 4.90 Å². The Morgan fingerprint density at radius 1 is 1.16 bits per heavy atom. The van der Waals surface area contributed by atoms with Crippen LogP contribution in [0.15, 0.2) is 0 Å². The maximum Gasteiger partial charge on any atom is 0.501 e. The quantitative estimate of drug-likeness (QED) is 0.730. The standard InChI is InChI=1S/C11H20F3NO3Si/c1-9-7-15-4-5-16-19(17-9,18-10(2)8-15)6-3-11(12,13)14/h9-10H,3-8H2,1-2H3. The van der Waals surface area contributed by atoms with Gasteiger partial charge in [0.15, 0.2) is 0 Å². The van der Waals surface area contributed by atoms with Gasteiger partial charge in [-0.15, -0.1) is 0 Å². The minimum absolute atomic E-state index is 0.160. The fraction of sp³-hybridized carbons (Fsp3) is 1.00. The van der Waals surface area contributed by atoms with Crippen molar-refractivity contribution in [1.29, 1.82) is 0 Å². The molecule has 3 aliphatic heterocycles. The van der Waals surface area contributed by atoms with E-state index in [1.54, 1.807) is 0 Å². The normalized spacial score (nSPS) is 40.6. The number of fused-ring (bicyclic) bond motifs is 6. The lowest BCUT2D eigenvalue weighted by Gasteiger charge is -2.43. The van der Waals surface area contributed by atoms with E-state index in [1.165, 1.54) is 0 Å². The summed E-state index contributed by atoms with van der Waals surface area (Å²) in [6.45, 7) is 6.26. The van der Waals surface area contributed by atoms with E-state index < -0.39 is 21.4 Å². The maximum atomic E-state index is 12.5. The highest BCUT2D eigenvalue weighted by molar-refractivity contribution is 6.60. The molecule has 0 aromatic rings. The molecule has 0 saturated carbocycles. The number of hydrogen-bond donors (Lipinski definition) is 0. The van der Waals surface area contributed by atoms with E-state index in [0.29, 0.717) is 6.61 Å². The Morgan fingerprint density at radius 3 is 2.26 bits per heavy atom. The van der Waals surface area contributed by atoms with Gasteiger partial charge in [0.2, 0.25) is 0 Å². The molecule has 19 heavy (non-hydrogen) atoms. The average molecular weight is 299 g/mol. The fourth-order valence-electron chi connectivity index (χ4n) is 2.58. The Morgan fingerprint density at radius 2 is 1.74 bits per heavy atom. The third-order valence-corrected chi connectivity index (χ3v) is 6.27. The first-order chi connectivity index (χ1) is 8.78. The summed E-state index contributed by atoms with van der Waals surface area (Å²) in [5.41, 5.74) is 0. The van der Waals surface area contributed by atoms with Crippen LogP contribution in [0.2, 0.25) is 6.04 Å². The first-order valence-electron chi connectivity index (χ1n) is 6.57. The lowest BCUT2D eigenvalue weighted by Crippen LogP contribution is -2.59. The van der Waals surface area contributed by atoms with Gasteiger partial charge in [-0.2, -0.15) is 13.2 Å². The minimum Gasteiger partial charge on any atom is -0.372 e. The summed E-state index contributed by atoms with van der Waals surface area (Å²) >= 11 is 0. The predicted molar refractivity (Wildman–Crippen MR) is 64.7 cm³/mol. The molecule has 0 aliphatic carbocycles. The number of halogens is 3. The van der Waals surface area contributed by atoms with Crippen LogP contribution in [-0.2, 0) is 13.3 Å². The van der Waals surface area contributed by atoms with Crippen molar-refractivity contribution in [2.45, 2.75) is 44.7 Å². The molecule has 112 valence electrons. The fourth-order valence-corrected chi connectivity index (χ4v) is 5.52. The van der Waals surface area contributed by atoms with Gasteiger partial charge in [0.05, 0.1) is 18.8 Å². The highest BCUT2D eigenvalue weighted by Crippen LogP contribution is 2.31. The minimum atomic E-state index is -4.21. The van der Waals surface area contributed by atoms with Crippen LogP contribution in [0.3, 0.4) is 0 Å². The molecular formula is C11H20F3NO3Si. The smallest absolute Gasteiger partial charge is 0.372 e. The van der Waals surface area contributed by atoms with Gasteiger partial charge in [-0.1, -0.05) is 0 Å². The molecule has 0 amide bonds. The van der Waals surface area contributed by atoms with E-state index in [0.717, 1.165) is 19.6 Å². The molecule has 0 spiro atoms. The molecule has 0 aromatic carbocycles. The van der Waals surface area contributed by atoms with E-state index in [1.807, 2.05) is 13.8 Å². The number of nitrogens with zero attached hydrogens (tertiary/aromatic N) is 1. The Hall–Kier alpha value is -0.153. The van der Waals surface area contributed by atoms with E-state index in [-0.39, 0.29) is 18.3 Å². The lowest BCUT2D eigenvalue weighted by atomic mass is 10.3. The van der Waals surface area contributed by atoms with Gasteiger partial charge in [0.25, 0.3) is 0 Å². The van der Waals surface area contributed by atoms with E-state index in [4.69, 9.17) is 13.3 Å². The van der Waals surface area contributed by atoms with Crippen molar-refractivity contribution >= 4 is 8.80 Å². The Bertz CT molecular complexity index is 302. The molecule has 2 bridgehead atoms. The van der Waals surface area contributed by atoms with Gasteiger partial charge in [-0.3, -0.25) is 4.90 Å². The zero-order chi connectivity index (χ0) is 14.1. The third kappa shape index (κ3) is 4.42. The van der Waals surface area contributed by atoms with Crippen molar-refractivity contribution in [3.63, 3.8) is 0 Å². The highest BCUT2D eigenvalue weighted by Gasteiger charge is 2.49. The summed E-state index contributed by atoms with van der Waals surface area (Å²) < 4.78 is 54.5. The zero-order valence-corrected chi connectivity index (χ0v) is 12.2. The van der Waals surface area contributed by atoms with Gasteiger partial charge in [0.1, 0.15) is 0 Å². The van der Waals surface area contributed by atoms with Crippen LogP contribution < -0.4 is 0 Å². The maximum absolute atomic E-state index is 12.5. The number of hydrogen-bond acceptors (Lipinski definition) is 4. The van der Waals surface area contributed by atoms with Crippen LogP contribution in [0.4, 0.5) is 13.2 Å². The van der Waals surface area contributed by atoms with Crippen LogP contribution >= 0.6 is 0 Å². The molecule has 3 heterocycles. The second kappa shape index (κ2) is 5.69. The van der Waals surface area contributed by atoms with Gasteiger partial charge in [-0.05, 0) is 13.8 Å². The van der Waals surface area contributed by atoms with Crippen LogP contribution in [0.25, 0.3) is 0 Å². The molecule has 0 aromatic heterocycles. The van der Waals surface area contributed by atoms with Crippen LogP contribution in [0, 0.1) is 0 Å². The summed E-state index contributed by atoms with van der Waals surface area (Å²) in [7, 11) is -3.21. The summed E-state index contributed by atoms with van der Waals surface area (Å²) in [6, 6.07) is -0.189. The van der Waals surface area contributed by atoms with Gasteiger partial charge in [0, 0.05) is 32.1 Å². The highest BCUT2D eigenvalue weighted by atomic mass is 28.4. The number of rotatable bonds is 2. The zero-order valence-electron chi connectivity index (χ0n) is 11.2. The molecule has 0 radical (unpaired) electrons. The Labute approximate surface area is 112 Å². The Kier molecular flexibility index (Phi) is 4.56. The van der Waals surface area contributed by atoms with Gasteiger partial charge >= 0.3 is 15.0 Å². The molecule has 2 unspecified atom stereocenters. The van der Waals surface area contributed by atoms with Crippen molar-refractivity contribution in [3.05, 3.63) is 0 Å². The van der Waals surface area contributed by atoms with Crippen LogP contribution in [0.1, 0.15) is 20.3 Å². The Balaban J connectivity index is 2.12. The van der Waals surface area contributed by atoms with Crippen LogP contribution in [0.5, 0.6) is 0 Å². The van der Waals surface area contributed by atoms with Crippen molar-refractivity contribution in [2.24, 2.45) is 0 Å². The first-order valence-corrected chi connectivity index (χ1v) is 8.50. The summed E-state index contributed by atoms with van der Waals surface area (Å²) in [5.74, 6) is 0. The molecule has 2 atom stereocenters. The average Bonchev–Trinajstić information content (AvgIpc) is 2.19. The predicted octanol–water partition coefficient (Wildman–Crippen LogP) is 2.03. The molecule has 8 heteroatoms. The molecule has 3 saturated heterocycles. The topological polar surface area (TPSA) is 30.9 Å². The molecular weight excluding hydrogens is 279 g/mol. The first kappa shape index (κ1) is 15.2. The molecule has 0 N–H and O–H groups in total. The van der Waals surface area contributed by atoms with E-state index in [9.17, 15) is 13.2 Å². The van der Waals surface area contributed by atoms with E-state index >= 15 is 0 Å². The molecule has 3 fully saturated rings. The molecule has 3 aliphatic rings. The van der Waals surface area contributed by atoms with Crippen molar-refractivity contribution in [3.8, 4) is 0 Å². The summed E-state index contributed by atoms with van der Waals surface area (Å²) in [6.07, 6.45) is -5.44. The van der Waals surface area contributed by atoms with Gasteiger partial charge in [-0.25, -0.2) is 0 Å².